The van der Waals surface area contributed by atoms with E-state index in [-0.39, 0.29) is 36.5 Å². The summed E-state index contributed by atoms with van der Waals surface area (Å²) >= 11 is 0. The number of hydrogen-bond donors (Lipinski definition) is 1. The number of carbonyl (C=O) groups excluding carboxylic acids is 2. The van der Waals surface area contributed by atoms with Crippen molar-refractivity contribution in [3.8, 4) is 5.75 Å². The van der Waals surface area contributed by atoms with Crippen LogP contribution in [0.2, 0.25) is 0 Å². The van der Waals surface area contributed by atoms with Gasteiger partial charge in [-0.15, -0.1) is 0 Å². The lowest BCUT2D eigenvalue weighted by Crippen LogP contribution is -2.46. The van der Waals surface area contributed by atoms with E-state index >= 15 is 0 Å². The third-order valence-corrected chi connectivity index (χ3v) is 6.21. The first-order valence-electron chi connectivity index (χ1n) is 10.8. The van der Waals surface area contributed by atoms with E-state index in [4.69, 9.17) is 4.74 Å². The first-order chi connectivity index (χ1) is 15.9. The zero-order valence-electron chi connectivity index (χ0n) is 18.2. The van der Waals surface area contributed by atoms with E-state index in [0.717, 1.165) is 49.5 Å². The summed E-state index contributed by atoms with van der Waals surface area (Å²) in [5, 5.41) is 14.0. The Kier molecular flexibility index (Phi) is 6.43. The standard InChI is InChI=1S/C23H25FN4O5/c1-33-19-5-2-17(3-6-19)26-10-8-16(9-11-26)25-23(30)15-12-22(29)27(14-15)18-4-7-20(24)21(13-18)28(31)32/h2-7,13,15-16H,8-12,14H2,1H3,(H,25,30). The van der Waals surface area contributed by atoms with Gasteiger partial charge in [0.25, 0.3) is 0 Å². The van der Waals surface area contributed by atoms with Crippen LogP contribution in [-0.4, -0.2) is 49.5 Å². The molecule has 2 aliphatic rings. The van der Waals surface area contributed by atoms with Crippen LogP contribution in [0.15, 0.2) is 42.5 Å². The topological polar surface area (TPSA) is 105 Å². The minimum atomic E-state index is -0.967. The lowest BCUT2D eigenvalue weighted by atomic mass is 10.0. The lowest BCUT2D eigenvalue weighted by Gasteiger charge is -2.34. The van der Waals surface area contributed by atoms with Crippen LogP contribution in [0, 0.1) is 21.8 Å². The molecule has 10 heteroatoms. The molecule has 1 unspecified atom stereocenters. The zero-order valence-corrected chi connectivity index (χ0v) is 18.2. The number of nitrogens with one attached hydrogen (secondary N) is 1. The molecule has 2 aliphatic heterocycles. The Morgan fingerprint density at radius 2 is 1.82 bits per heavy atom. The first-order valence-corrected chi connectivity index (χ1v) is 10.8. The van der Waals surface area contributed by atoms with Gasteiger partial charge in [0, 0.05) is 43.9 Å². The SMILES string of the molecule is COc1ccc(N2CCC(NC(=O)C3CC(=O)N(c4ccc(F)c([N+](=O)[O-])c4)C3)CC2)cc1. The van der Waals surface area contributed by atoms with Crippen molar-refractivity contribution in [2.24, 2.45) is 5.92 Å². The number of rotatable bonds is 6. The van der Waals surface area contributed by atoms with Gasteiger partial charge < -0.3 is 19.9 Å². The van der Waals surface area contributed by atoms with E-state index in [9.17, 15) is 24.1 Å². The molecule has 4 rings (SSSR count). The summed E-state index contributed by atoms with van der Waals surface area (Å²) < 4.78 is 18.8. The maximum atomic E-state index is 13.6. The molecule has 0 spiro atoms. The number of methoxy groups -OCH3 is 1. The van der Waals surface area contributed by atoms with Gasteiger partial charge in [0.05, 0.1) is 23.6 Å². The smallest absolute Gasteiger partial charge is 0.306 e. The van der Waals surface area contributed by atoms with Gasteiger partial charge in [0.2, 0.25) is 17.6 Å². The normalized spacial score (nSPS) is 19.0. The molecule has 2 amide bonds. The van der Waals surface area contributed by atoms with Crippen molar-refractivity contribution in [2.45, 2.75) is 25.3 Å². The summed E-state index contributed by atoms with van der Waals surface area (Å²) in [5.41, 5.74) is 0.624. The predicted octanol–water partition coefficient (Wildman–Crippen LogP) is 2.88. The number of amides is 2. The molecule has 2 aromatic carbocycles. The van der Waals surface area contributed by atoms with Crippen molar-refractivity contribution in [2.75, 3.05) is 36.5 Å². The Morgan fingerprint density at radius 1 is 1.15 bits per heavy atom. The number of ether oxygens (including phenoxy) is 1. The number of hydrogen-bond acceptors (Lipinski definition) is 6. The molecule has 33 heavy (non-hydrogen) atoms. The highest BCUT2D eigenvalue weighted by atomic mass is 19.1. The molecule has 0 radical (unpaired) electrons. The van der Waals surface area contributed by atoms with Gasteiger partial charge in [0.15, 0.2) is 0 Å². The number of halogens is 1. The fraction of sp³-hybridized carbons (Fsp3) is 0.391. The molecule has 1 atom stereocenters. The highest BCUT2D eigenvalue weighted by Crippen LogP contribution is 2.30. The number of nitro groups is 1. The average molecular weight is 456 g/mol. The Bertz CT molecular complexity index is 1050. The molecule has 9 nitrogen and oxygen atoms in total. The molecular weight excluding hydrogens is 431 g/mol. The fourth-order valence-electron chi connectivity index (χ4n) is 4.34. The molecule has 2 aromatic rings. The van der Waals surface area contributed by atoms with Gasteiger partial charge in [-0.25, -0.2) is 0 Å². The van der Waals surface area contributed by atoms with Crippen molar-refractivity contribution in [3.05, 3.63) is 58.4 Å². The summed E-state index contributed by atoms with van der Waals surface area (Å²) in [6.07, 6.45) is 1.58. The van der Waals surface area contributed by atoms with E-state index in [1.807, 2.05) is 24.3 Å². The fourth-order valence-corrected chi connectivity index (χ4v) is 4.34. The maximum Gasteiger partial charge on any atom is 0.306 e. The number of nitrogens with zero attached hydrogens (tertiary/aromatic N) is 3. The minimum absolute atomic E-state index is 0.0156. The quantitative estimate of drug-likeness (QED) is 0.529. The third kappa shape index (κ3) is 4.89. The summed E-state index contributed by atoms with van der Waals surface area (Å²) in [7, 11) is 1.63. The molecule has 2 fully saturated rings. The summed E-state index contributed by atoms with van der Waals surface area (Å²) in [4.78, 5) is 39.0. The molecule has 0 bridgehead atoms. The van der Waals surface area contributed by atoms with Crippen molar-refractivity contribution in [3.63, 3.8) is 0 Å². The summed E-state index contributed by atoms with van der Waals surface area (Å²) in [6, 6.07) is 11.2. The maximum absolute atomic E-state index is 13.6. The van der Waals surface area contributed by atoms with Crippen LogP contribution < -0.4 is 19.9 Å². The Labute approximate surface area is 190 Å². The molecule has 1 N–H and O–H groups in total. The van der Waals surface area contributed by atoms with Crippen LogP contribution in [0.4, 0.5) is 21.5 Å². The number of anilines is 2. The molecule has 174 valence electrons. The highest BCUT2D eigenvalue weighted by Gasteiger charge is 2.37. The largest absolute Gasteiger partial charge is 0.497 e. The van der Waals surface area contributed by atoms with Gasteiger partial charge in [-0.05, 0) is 49.2 Å². The van der Waals surface area contributed by atoms with Gasteiger partial charge >= 0.3 is 5.69 Å². The Morgan fingerprint density at radius 3 is 2.45 bits per heavy atom. The number of nitro benzene ring substituents is 1. The van der Waals surface area contributed by atoms with Crippen molar-refractivity contribution in [1.29, 1.82) is 0 Å². The predicted molar refractivity (Wildman–Crippen MR) is 120 cm³/mol. The summed E-state index contributed by atoms with van der Waals surface area (Å²) in [6.45, 7) is 1.70. The van der Waals surface area contributed by atoms with Crippen molar-refractivity contribution >= 4 is 28.9 Å². The van der Waals surface area contributed by atoms with Crippen LogP contribution in [-0.2, 0) is 9.59 Å². The average Bonchev–Trinajstić information content (AvgIpc) is 3.21. The van der Waals surface area contributed by atoms with Gasteiger partial charge in [-0.1, -0.05) is 0 Å². The van der Waals surface area contributed by atoms with E-state index in [1.54, 1.807) is 7.11 Å². The first kappa shape index (κ1) is 22.5. The van der Waals surface area contributed by atoms with Crippen LogP contribution in [0.3, 0.4) is 0 Å². The Balaban J connectivity index is 1.32. The van der Waals surface area contributed by atoms with E-state index in [0.29, 0.717) is 0 Å². The molecule has 0 aliphatic carbocycles. The third-order valence-electron chi connectivity index (χ3n) is 6.21. The van der Waals surface area contributed by atoms with Gasteiger partial charge in [-0.2, -0.15) is 4.39 Å². The molecule has 0 aromatic heterocycles. The van der Waals surface area contributed by atoms with Crippen LogP contribution in [0.5, 0.6) is 5.75 Å². The van der Waals surface area contributed by atoms with E-state index < -0.39 is 22.3 Å². The van der Waals surface area contributed by atoms with Gasteiger partial charge in [-0.3, -0.25) is 19.7 Å². The second-order valence-electron chi connectivity index (χ2n) is 8.27. The molecule has 0 saturated carbocycles. The number of carbonyl (C=O) groups is 2. The second kappa shape index (κ2) is 9.43. The lowest BCUT2D eigenvalue weighted by molar-refractivity contribution is -0.387. The van der Waals surface area contributed by atoms with Crippen molar-refractivity contribution < 1.29 is 23.6 Å². The monoisotopic (exact) mass is 456 g/mol. The molecular formula is C23H25FN4O5. The van der Waals surface area contributed by atoms with Crippen molar-refractivity contribution in [1.82, 2.24) is 5.32 Å². The minimum Gasteiger partial charge on any atom is -0.497 e. The second-order valence-corrected chi connectivity index (χ2v) is 8.27. The van der Waals surface area contributed by atoms with Crippen LogP contribution in [0.1, 0.15) is 19.3 Å². The van der Waals surface area contributed by atoms with E-state index in [1.165, 1.54) is 11.0 Å². The number of benzene rings is 2. The van der Waals surface area contributed by atoms with Crippen LogP contribution in [0.25, 0.3) is 0 Å². The number of piperidine rings is 1. The van der Waals surface area contributed by atoms with E-state index in [2.05, 4.69) is 10.2 Å². The van der Waals surface area contributed by atoms with Crippen LogP contribution >= 0.6 is 0 Å². The highest BCUT2D eigenvalue weighted by molar-refractivity contribution is 6.00. The summed E-state index contributed by atoms with van der Waals surface area (Å²) in [5.74, 6) is -1.24. The Hall–Kier alpha value is -3.69. The zero-order chi connectivity index (χ0) is 23.5. The molecule has 2 saturated heterocycles. The molecule has 2 heterocycles. The van der Waals surface area contributed by atoms with Gasteiger partial charge in [0.1, 0.15) is 5.75 Å².